The van der Waals surface area contributed by atoms with E-state index >= 15 is 0 Å². The fourth-order valence-electron chi connectivity index (χ4n) is 1.44. The summed E-state index contributed by atoms with van der Waals surface area (Å²) in [6.07, 6.45) is 0. The first-order valence-electron chi connectivity index (χ1n) is 4.72. The van der Waals surface area contributed by atoms with Gasteiger partial charge in [0.15, 0.2) is 0 Å². The number of thioether (sulfide) groups is 1. The number of rotatable bonds is 1. The molecule has 1 aliphatic heterocycles. The van der Waals surface area contributed by atoms with Crippen molar-refractivity contribution in [2.75, 3.05) is 0 Å². The van der Waals surface area contributed by atoms with Crippen molar-refractivity contribution < 1.29 is 9.90 Å². The average molecular weight is 286 g/mol. The zero-order valence-electron chi connectivity index (χ0n) is 8.78. The Hall–Kier alpha value is -1.04. The second-order valence-electron chi connectivity index (χ2n) is 3.46. The second kappa shape index (κ2) is 4.68. The summed E-state index contributed by atoms with van der Waals surface area (Å²) in [4.78, 5) is 12.1. The summed E-state index contributed by atoms with van der Waals surface area (Å²) in [5, 5.41) is 12.4. The molecule has 1 aromatic carbocycles. The van der Waals surface area contributed by atoms with Crippen molar-refractivity contribution >= 4 is 51.4 Å². The van der Waals surface area contributed by atoms with Gasteiger partial charge in [0.25, 0.3) is 5.91 Å². The van der Waals surface area contributed by atoms with E-state index < -0.39 is 0 Å². The van der Waals surface area contributed by atoms with Crippen LogP contribution in [0.3, 0.4) is 0 Å². The van der Waals surface area contributed by atoms with Crippen LogP contribution in [0.4, 0.5) is 0 Å². The molecule has 1 heterocycles. The number of hydrogen-bond acceptors (Lipinski definition) is 4. The molecule has 0 aromatic heterocycles. The zero-order chi connectivity index (χ0) is 12.6. The quantitative estimate of drug-likeness (QED) is 0.615. The van der Waals surface area contributed by atoms with Crippen molar-refractivity contribution in [3.05, 3.63) is 33.7 Å². The minimum absolute atomic E-state index is 0.00454. The van der Waals surface area contributed by atoms with Crippen LogP contribution >= 0.6 is 35.6 Å². The highest BCUT2D eigenvalue weighted by Crippen LogP contribution is 2.34. The van der Waals surface area contributed by atoms with Gasteiger partial charge in [0, 0.05) is 0 Å². The van der Waals surface area contributed by atoms with Crippen LogP contribution in [0, 0.1) is 0 Å². The number of phenols is 1. The highest BCUT2D eigenvalue weighted by molar-refractivity contribution is 8.26. The predicted octanol–water partition coefficient (Wildman–Crippen LogP) is 2.92. The third-order valence-electron chi connectivity index (χ3n) is 2.34. The van der Waals surface area contributed by atoms with Gasteiger partial charge in [0.1, 0.15) is 10.1 Å². The van der Waals surface area contributed by atoms with Gasteiger partial charge < -0.3 is 10.4 Å². The molecule has 1 aliphatic rings. The topological polar surface area (TPSA) is 49.3 Å². The maximum atomic E-state index is 11.6. The molecule has 88 valence electrons. The standard InChI is InChI=1S/C11H8ClNO2S2/c1-5(9-10(15)13-11(16)17-9)6-2-3-7(12)8(14)4-6/h2-4,14H,1H3,(H,13,15,16)/b9-5-. The molecule has 0 radical (unpaired) electrons. The van der Waals surface area contributed by atoms with E-state index in [0.29, 0.717) is 9.23 Å². The molecular weight excluding hydrogens is 278 g/mol. The molecule has 1 amide bonds. The largest absolute Gasteiger partial charge is 0.506 e. The number of phenolic OH excluding ortho intramolecular Hbond substituents is 1. The van der Waals surface area contributed by atoms with Gasteiger partial charge >= 0.3 is 0 Å². The van der Waals surface area contributed by atoms with E-state index in [9.17, 15) is 9.90 Å². The predicted molar refractivity (Wildman–Crippen MR) is 74.0 cm³/mol. The number of aromatic hydroxyl groups is 1. The zero-order valence-corrected chi connectivity index (χ0v) is 11.2. The Kier molecular flexibility index (Phi) is 3.42. The van der Waals surface area contributed by atoms with Crippen LogP contribution in [0.15, 0.2) is 23.1 Å². The summed E-state index contributed by atoms with van der Waals surface area (Å²) in [6.45, 7) is 1.80. The Morgan fingerprint density at radius 1 is 1.53 bits per heavy atom. The van der Waals surface area contributed by atoms with Crippen molar-refractivity contribution in [1.82, 2.24) is 5.32 Å². The summed E-state index contributed by atoms with van der Waals surface area (Å²) in [5.74, 6) is -0.206. The van der Waals surface area contributed by atoms with E-state index in [-0.39, 0.29) is 16.7 Å². The Bertz CT molecular complexity index is 554. The second-order valence-corrected chi connectivity index (χ2v) is 5.56. The Morgan fingerprint density at radius 3 is 2.76 bits per heavy atom. The highest BCUT2D eigenvalue weighted by atomic mass is 35.5. The van der Waals surface area contributed by atoms with E-state index in [2.05, 4.69) is 5.32 Å². The van der Waals surface area contributed by atoms with Crippen LogP contribution in [0.2, 0.25) is 5.02 Å². The number of carbonyl (C=O) groups excluding carboxylic acids is 1. The Balaban J connectivity index is 2.46. The molecule has 2 N–H and O–H groups in total. The molecule has 0 saturated carbocycles. The normalized spacial score (nSPS) is 18.2. The molecule has 17 heavy (non-hydrogen) atoms. The first kappa shape index (κ1) is 12.4. The molecule has 3 nitrogen and oxygen atoms in total. The van der Waals surface area contributed by atoms with Crippen molar-refractivity contribution in [2.45, 2.75) is 6.92 Å². The lowest BCUT2D eigenvalue weighted by atomic mass is 10.1. The summed E-state index contributed by atoms with van der Waals surface area (Å²) in [6, 6.07) is 4.87. The Morgan fingerprint density at radius 2 is 2.24 bits per heavy atom. The third kappa shape index (κ3) is 2.46. The third-order valence-corrected chi connectivity index (χ3v) is 3.99. The van der Waals surface area contributed by atoms with Gasteiger partial charge in [-0.2, -0.15) is 0 Å². The summed E-state index contributed by atoms with van der Waals surface area (Å²) in [7, 11) is 0. The van der Waals surface area contributed by atoms with Crippen LogP contribution in [-0.2, 0) is 4.79 Å². The van der Waals surface area contributed by atoms with E-state index in [4.69, 9.17) is 23.8 Å². The number of hydrogen-bond donors (Lipinski definition) is 2. The van der Waals surface area contributed by atoms with Crippen LogP contribution < -0.4 is 5.32 Å². The molecule has 1 saturated heterocycles. The maximum Gasteiger partial charge on any atom is 0.263 e. The fraction of sp³-hybridized carbons (Fsp3) is 0.0909. The van der Waals surface area contributed by atoms with Crippen molar-refractivity contribution in [2.24, 2.45) is 0 Å². The molecule has 6 heteroatoms. The summed E-state index contributed by atoms with van der Waals surface area (Å²) >= 11 is 11.9. The molecule has 1 fully saturated rings. The monoisotopic (exact) mass is 285 g/mol. The fourth-order valence-corrected chi connectivity index (χ4v) is 2.64. The van der Waals surface area contributed by atoms with Gasteiger partial charge in [-0.3, -0.25) is 4.79 Å². The number of thiocarbonyl (C=S) groups is 1. The van der Waals surface area contributed by atoms with Gasteiger partial charge in [-0.05, 0) is 30.2 Å². The number of halogens is 1. The molecule has 0 spiro atoms. The lowest BCUT2D eigenvalue weighted by Gasteiger charge is -2.05. The Labute approximate surface area is 113 Å². The molecule has 1 aromatic rings. The highest BCUT2D eigenvalue weighted by Gasteiger charge is 2.25. The first-order valence-corrected chi connectivity index (χ1v) is 6.32. The molecule has 0 aliphatic carbocycles. The maximum absolute atomic E-state index is 11.6. The molecule has 2 rings (SSSR count). The van der Waals surface area contributed by atoms with Crippen LogP contribution in [0.1, 0.15) is 12.5 Å². The smallest absolute Gasteiger partial charge is 0.263 e. The summed E-state index contributed by atoms with van der Waals surface area (Å²) in [5.41, 5.74) is 1.51. The van der Waals surface area contributed by atoms with Crippen molar-refractivity contribution in [3.8, 4) is 5.75 Å². The number of amides is 1. The average Bonchev–Trinajstić information content (AvgIpc) is 2.61. The number of nitrogens with one attached hydrogen (secondary N) is 1. The SMILES string of the molecule is C/C(=C1/SC(=S)NC1=O)c1ccc(Cl)c(O)c1. The number of carbonyl (C=O) groups is 1. The number of allylic oxidation sites excluding steroid dienone is 1. The van der Waals surface area contributed by atoms with Gasteiger partial charge in [0.2, 0.25) is 0 Å². The van der Waals surface area contributed by atoms with Gasteiger partial charge in [0.05, 0.1) is 9.93 Å². The molecule has 0 bridgehead atoms. The van der Waals surface area contributed by atoms with E-state index in [0.717, 1.165) is 11.1 Å². The van der Waals surface area contributed by atoms with E-state index in [1.807, 2.05) is 0 Å². The lowest BCUT2D eigenvalue weighted by molar-refractivity contribution is -0.115. The van der Waals surface area contributed by atoms with E-state index in [1.54, 1.807) is 19.1 Å². The van der Waals surface area contributed by atoms with Crippen LogP contribution in [0.5, 0.6) is 5.75 Å². The minimum Gasteiger partial charge on any atom is -0.506 e. The molecule has 0 atom stereocenters. The van der Waals surface area contributed by atoms with Crippen LogP contribution in [0.25, 0.3) is 5.57 Å². The molecular formula is C11H8ClNO2S2. The minimum atomic E-state index is -0.202. The molecule has 0 unspecified atom stereocenters. The summed E-state index contributed by atoms with van der Waals surface area (Å²) < 4.78 is 0.447. The van der Waals surface area contributed by atoms with Crippen molar-refractivity contribution in [3.63, 3.8) is 0 Å². The first-order chi connectivity index (χ1) is 7.99. The van der Waals surface area contributed by atoms with Gasteiger partial charge in [-0.15, -0.1) is 0 Å². The lowest BCUT2D eigenvalue weighted by Crippen LogP contribution is -2.18. The number of benzene rings is 1. The van der Waals surface area contributed by atoms with Gasteiger partial charge in [-0.1, -0.05) is 41.6 Å². The van der Waals surface area contributed by atoms with Gasteiger partial charge in [-0.25, -0.2) is 0 Å². The van der Waals surface area contributed by atoms with Crippen LogP contribution in [-0.4, -0.2) is 15.3 Å². The van der Waals surface area contributed by atoms with Crippen molar-refractivity contribution in [1.29, 1.82) is 0 Å². The van der Waals surface area contributed by atoms with E-state index in [1.165, 1.54) is 17.8 Å².